The monoisotopic (exact) mass is 434 g/mol. The van der Waals surface area contributed by atoms with Crippen LogP contribution < -0.4 is 14.8 Å². The van der Waals surface area contributed by atoms with Gasteiger partial charge in [-0.25, -0.2) is 13.1 Å². The van der Waals surface area contributed by atoms with Crippen LogP contribution in [0.15, 0.2) is 76.2 Å². The summed E-state index contributed by atoms with van der Waals surface area (Å²) >= 11 is 6.03. The number of benzene rings is 2. The normalized spacial score (nSPS) is 12.3. The molecule has 0 saturated carbocycles. The second-order valence-electron chi connectivity index (χ2n) is 6.11. The quantitative estimate of drug-likeness (QED) is 0.561. The zero-order chi connectivity index (χ0) is 20.9. The predicted octanol–water partition coefficient (Wildman–Crippen LogP) is 3.82. The number of halogens is 1. The van der Waals surface area contributed by atoms with E-state index >= 15 is 0 Å². The Balaban J connectivity index is 1.65. The maximum Gasteiger partial charge on any atom is 0.265 e. The lowest BCUT2D eigenvalue weighted by molar-refractivity contribution is -0.122. The van der Waals surface area contributed by atoms with Gasteiger partial charge in [-0.05, 0) is 49.4 Å². The average molecular weight is 435 g/mol. The summed E-state index contributed by atoms with van der Waals surface area (Å²) < 4.78 is 38.1. The first-order chi connectivity index (χ1) is 13.8. The predicted molar refractivity (Wildman–Crippen MR) is 109 cm³/mol. The van der Waals surface area contributed by atoms with Crippen LogP contribution in [0.2, 0.25) is 5.02 Å². The lowest BCUT2D eigenvalue weighted by Crippen LogP contribution is -2.30. The summed E-state index contributed by atoms with van der Waals surface area (Å²) in [6.07, 6.45) is 0.623. The van der Waals surface area contributed by atoms with Gasteiger partial charge in [-0.15, -0.1) is 0 Å². The number of sulfonamides is 1. The highest BCUT2D eigenvalue weighted by Crippen LogP contribution is 2.24. The van der Waals surface area contributed by atoms with Gasteiger partial charge in [-0.3, -0.25) is 4.79 Å². The largest absolute Gasteiger partial charge is 0.479 e. The van der Waals surface area contributed by atoms with Crippen molar-refractivity contribution in [2.75, 3.05) is 5.32 Å². The van der Waals surface area contributed by atoms with Gasteiger partial charge in [0.2, 0.25) is 10.0 Å². The molecule has 1 heterocycles. The van der Waals surface area contributed by atoms with Crippen LogP contribution in [-0.2, 0) is 21.4 Å². The zero-order valence-electron chi connectivity index (χ0n) is 15.5. The van der Waals surface area contributed by atoms with E-state index in [1.54, 1.807) is 49.4 Å². The first-order valence-electron chi connectivity index (χ1n) is 8.69. The van der Waals surface area contributed by atoms with E-state index in [0.717, 1.165) is 0 Å². The van der Waals surface area contributed by atoms with Crippen LogP contribution in [-0.4, -0.2) is 20.4 Å². The number of carbonyl (C=O) groups is 1. The highest BCUT2D eigenvalue weighted by atomic mass is 35.5. The van der Waals surface area contributed by atoms with Gasteiger partial charge in [-0.2, -0.15) is 0 Å². The van der Waals surface area contributed by atoms with Gasteiger partial charge in [-0.1, -0.05) is 29.8 Å². The molecule has 9 heteroatoms. The number of nitrogens with one attached hydrogen (secondary N) is 2. The first kappa shape index (κ1) is 20.9. The molecule has 0 fully saturated rings. The number of rotatable bonds is 8. The lowest BCUT2D eigenvalue weighted by atomic mass is 10.3. The van der Waals surface area contributed by atoms with Crippen molar-refractivity contribution in [3.05, 3.63) is 77.7 Å². The van der Waals surface area contributed by atoms with E-state index in [1.807, 2.05) is 0 Å². The number of hydrogen-bond acceptors (Lipinski definition) is 5. The van der Waals surface area contributed by atoms with Crippen molar-refractivity contribution in [3.8, 4) is 5.75 Å². The Morgan fingerprint density at radius 2 is 1.93 bits per heavy atom. The first-order valence-corrected chi connectivity index (χ1v) is 10.6. The third-order valence-corrected chi connectivity index (χ3v) is 5.65. The van der Waals surface area contributed by atoms with Gasteiger partial charge in [0.25, 0.3) is 5.91 Å². The fourth-order valence-corrected chi connectivity index (χ4v) is 3.65. The summed E-state index contributed by atoms with van der Waals surface area (Å²) in [6.45, 7) is 1.60. The second-order valence-corrected chi connectivity index (χ2v) is 8.29. The topological polar surface area (TPSA) is 97.6 Å². The van der Waals surface area contributed by atoms with Crippen molar-refractivity contribution in [1.82, 2.24) is 4.72 Å². The molecular formula is C20H19ClN2O5S. The molecular weight excluding hydrogens is 416 g/mol. The molecule has 3 rings (SSSR count). The molecule has 0 aliphatic rings. The van der Waals surface area contributed by atoms with Crippen LogP contribution in [0.4, 0.5) is 5.69 Å². The van der Waals surface area contributed by atoms with Crippen LogP contribution in [0.25, 0.3) is 0 Å². The summed E-state index contributed by atoms with van der Waals surface area (Å²) in [5.74, 6) is 0.432. The summed E-state index contributed by atoms with van der Waals surface area (Å²) in [6, 6.07) is 16.1. The van der Waals surface area contributed by atoms with Gasteiger partial charge < -0.3 is 14.5 Å². The maximum atomic E-state index is 12.5. The minimum Gasteiger partial charge on any atom is -0.479 e. The molecule has 1 aromatic heterocycles. The maximum absolute atomic E-state index is 12.5. The van der Waals surface area contributed by atoms with Crippen LogP contribution in [0.3, 0.4) is 0 Å². The van der Waals surface area contributed by atoms with Crippen molar-refractivity contribution in [2.45, 2.75) is 24.5 Å². The Hall–Kier alpha value is -2.81. The molecule has 1 atom stereocenters. The van der Waals surface area contributed by atoms with Crippen LogP contribution >= 0.6 is 11.6 Å². The van der Waals surface area contributed by atoms with E-state index in [9.17, 15) is 13.2 Å². The van der Waals surface area contributed by atoms with Gasteiger partial charge in [0, 0.05) is 5.69 Å². The molecule has 0 bridgehead atoms. The molecule has 0 aliphatic heterocycles. The van der Waals surface area contributed by atoms with E-state index in [4.69, 9.17) is 20.8 Å². The SMILES string of the molecule is CC(Oc1ccccc1Cl)C(=O)Nc1cccc(S(=O)(=O)NCc2ccco2)c1. The molecule has 2 N–H and O–H groups in total. The molecule has 0 spiro atoms. The van der Waals surface area contributed by atoms with Gasteiger partial charge in [0.1, 0.15) is 11.5 Å². The second kappa shape index (κ2) is 9.13. The van der Waals surface area contributed by atoms with Crippen LogP contribution in [0.1, 0.15) is 12.7 Å². The average Bonchev–Trinajstić information content (AvgIpc) is 3.22. The molecule has 0 saturated heterocycles. The number of furan rings is 1. The Labute approximate surface area is 173 Å². The van der Waals surface area contributed by atoms with Crippen molar-refractivity contribution in [2.24, 2.45) is 0 Å². The smallest absolute Gasteiger partial charge is 0.265 e. The van der Waals surface area contributed by atoms with Crippen molar-refractivity contribution in [1.29, 1.82) is 0 Å². The molecule has 2 aromatic carbocycles. The van der Waals surface area contributed by atoms with Gasteiger partial charge in [0.15, 0.2) is 6.10 Å². The number of carbonyl (C=O) groups excluding carboxylic acids is 1. The van der Waals surface area contributed by atoms with Crippen LogP contribution in [0.5, 0.6) is 5.75 Å². The van der Waals surface area contributed by atoms with E-state index in [2.05, 4.69) is 10.0 Å². The molecule has 3 aromatic rings. The number of amides is 1. The molecule has 0 radical (unpaired) electrons. The third kappa shape index (κ3) is 5.60. The molecule has 1 amide bonds. The Morgan fingerprint density at radius 1 is 1.14 bits per heavy atom. The molecule has 7 nitrogen and oxygen atoms in total. The van der Waals surface area contributed by atoms with E-state index in [1.165, 1.54) is 24.5 Å². The fraction of sp³-hybridized carbons (Fsp3) is 0.150. The Kier molecular flexibility index (Phi) is 6.58. The van der Waals surface area contributed by atoms with Crippen molar-refractivity contribution in [3.63, 3.8) is 0 Å². The minimum atomic E-state index is -3.78. The molecule has 0 aliphatic carbocycles. The van der Waals surface area contributed by atoms with E-state index < -0.39 is 22.0 Å². The lowest BCUT2D eigenvalue weighted by Gasteiger charge is -2.16. The van der Waals surface area contributed by atoms with Crippen molar-refractivity contribution >= 4 is 33.2 Å². The van der Waals surface area contributed by atoms with E-state index in [-0.39, 0.29) is 11.4 Å². The zero-order valence-corrected chi connectivity index (χ0v) is 17.0. The Bertz CT molecular complexity index is 1080. The number of anilines is 1. The number of ether oxygens (including phenoxy) is 1. The van der Waals surface area contributed by atoms with Crippen LogP contribution in [0, 0.1) is 0 Å². The standard InChI is InChI=1S/C20H19ClN2O5S/c1-14(28-19-10-3-2-9-18(19)21)20(24)23-15-6-4-8-17(12-15)29(25,26)22-13-16-7-5-11-27-16/h2-12,14,22H,13H2,1H3,(H,23,24). The summed E-state index contributed by atoms with van der Waals surface area (Å²) in [5, 5.41) is 3.04. The highest BCUT2D eigenvalue weighted by Gasteiger charge is 2.18. The molecule has 1 unspecified atom stereocenters. The number of para-hydroxylation sites is 1. The summed E-state index contributed by atoms with van der Waals surface area (Å²) in [7, 11) is -3.78. The minimum absolute atomic E-state index is 0.0153. The van der Waals surface area contributed by atoms with Gasteiger partial charge in [0.05, 0.1) is 22.7 Å². The fourth-order valence-electron chi connectivity index (χ4n) is 2.43. The summed E-state index contributed by atoms with van der Waals surface area (Å²) in [5.41, 5.74) is 0.325. The Morgan fingerprint density at radius 3 is 2.66 bits per heavy atom. The number of hydrogen-bond donors (Lipinski definition) is 2. The highest BCUT2D eigenvalue weighted by molar-refractivity contribution is 7.89. The van der Waals surface area contributed by atoms with E-state index in [0.29, 0.717) is 22.2 Å². The molecule has 152 valence electrons. The van der Waals surface area contributed by atoms with Crippen molar-refractivity contribution < 1.29 is 22.4 Å². The third-order valence-electron chi connectivity index (χ3n) is 3.94. The molecule has 29 heavy (non-hydrogen) atoms. The van der Waals surface area contributed by atoms with Gasteiger partial charge >= 0.3 is 0 Å². The summed E-state index contributed by atoms with van der Waals surface area (Å²) in [4.78, 5) is 12.4.